The van der Waals surface area contributed by atoms with Crippen molar-refractivity contribution in [1.29, 1.82) is 0 Å². The molecule has 0 aliphatic carbocycles. The summed E-state index contributed by atoms with van der Waals surface area (Å²) in [6.07, 6.45) is 5.08. The summed E-state index contributed by atoms with van der Waals surface area (Å²) in [5.41, 5.74) is 5.09. The lowest BCUT2D eigenvalue weighted by atomic mass is 9.94. The van der Waals surface area contributed by atoms with Crippen molar-refractivity contribution in [1.82, 2.24) is 14.9 Å². The van der Waals surface area contributed by atoms with Gasteiger partial charge in [0.1, 0.15) is 0 Å². The van der Waals surface area contributed by atoms with Crippen LogP contribution in [-0.4, -0.2) is 83.6 Å². The molecule has 0 saturated carbocycles. The summed E-state index contributed by atoms with van der Waals surface area (Å²) in [6, 6.07) is 15.4. The number of carbonyl (C=O) groups is 1. The van der Waals surface area contributed by atoms with E-state index in [2.05, 4.69) is 20.9 Å². The highest BCUT2D eigenvalue weighted by Crippen LogP contribution is 2.42. The van der Waals surface area contributed by atoms with Crippen LogP contribution in [0.4, 0.5) is 5.69 Å². The zero-order chi connectivity index (χ0) is 33.5. The molecular weight excluding hydrogens is 600 g/mol. The smallest absolute Gasteiger partial charge is 0.229 e. The number of anilines is 1. The molecule has 1 fully saturated rings. The van der Waals surface area contributed by atoms with E-state index in [-0.39, 0.29) is 11.8 Å². The van der Waals surface area contributed by atoms with Gasteiger partial charge in [-0.1, -0.05) is 0 Å². The standard InChI is InChI=1S/C36H42N4O7/c1-39(27-9-13-38-29(21-27)26-19-32(44-4)35(47-7)33(20-26)45-5)36(41)24-10-14-40(15-11-24)22-23-8-12-37-28(16-23)25-17-30(42-2)34(46-6)31(18-25)43-3/h8-9,12-13,16-21,24H,10-11,14-15,22H2,1-7H3. The number of ether oxygens (including phenoxy) is 6. The number of pyridine rings is 2. The number of methoxy groups -OCH3 is 6. The fourth-order valence-corrected chi connectivity index (χ4v) is 5.97. The van der Waals surface area contributed by atoms with Crippen molar-refractivity contribution in [3.63, 3.8) is 0 Å². The number of amides is 1. The molecule has 0 bridgehead atoms. The number of hydrogen-bond acceptors (Lipinski definition) is 10. The Morgan fingerprint density at radius 3 is 1.64 bits per heavy atom. The van der Waals surface area contributed by atoms with Gasteiger partial charge in [-0.05, 0) is 80.0 Å². The Hall–Kier alpha value is -5.03. The number of carbonyl (C=O) groups excluding carboxylic acids is 1. The first-order valence-corrected chi connectivity index (χ1v) is 15.4. The zero-order valence-corrected chi connectivity index (χ0v) is 28.0. The molecule has 2 aromatic carbocycles. The van der Waals surface area contributed by atoms with Crippen LogP contribution in [0.3, 0.4) is 0 Å². The molecule has 0 radical (unpaired) electrons. The van der Waals surface area contributed by atoms with Gasteiger partial charge in [0.25, 0.3) is 0 Å². The zero-order valence-electron chi connectivity index (χ0n) is 28.0. The molecule has 4 aromatic rings. The lowest BCUT2D eigenvalue weighted by Gasteiger charge is -2.33. The molecule has 1 aliphatic rings. The van der Waals surface area contributed by atoms with E-state index >= 15 is 0 Å². The third kappa shape index (κ3) is 7.20. The van der Waals surface area contributed by atoms with Gasteiger partial charge in [-0.3, -0.25) is 19.7 Å². The molecule has 0 atom stereocenters. The maximum Gasteiger partial charge on any atom is 0.229 e. The number of piperidine rings is 1. The molecule has 2 aromatic heterocycles. The van der Waals surface area contributed by atoms with E-state index < -0.39 is 0 Å². The van der Waals surface area contributed by atoms with Crippen molar-refractivity contribution in [3.05, 3.63) is 66.5 Å². The van der Waals surface area contributed by atoms with E-state index in [9.17, 15) is 4.79 Å². The van der Waals surface area contributed by atoms with Crippen molar-refractivity contribution < 1.29 is 33.2 Å². The van der Waals surface area contributed by atoms with Crippen LogP contribution in [0.25, 0.3) is 22.5 Å². The second-order valence-electron chi connectivity index (χ2n) is 11.2. The second-order valence-corrected chi connectivity index (χ2v) is 11.2. The fourth-order valence-electron chi connectivity index (χ4n) is 5.97. The van der Waals surface area contributed by atoms with Crippen molar-refractivity contribution in [3.8, 4) is 57.0 Å². The van der Waals surface area contributed by atoms with Gasteiger partial charge in [-0.25, -0.2) is 0 Å². The van der Waals surface area contributed by atoms with Gasteiger partial charge in [0.2, 0.25) is 17.4 Å². The monoisotopic (exact) mass is 642 g/mol. The van der Waals surface area contributed by atoms with Crippen LogP contribution in [0.15, 0.2) is 60.9 Å². The summed E-state index contributed by atoms with van der Waals surface area (Å²) < 4.78 is 33.0. The molecule has 1 amide bonds. The highest BCUT2D eigenvalue weighted by atomic mass is 16.5. The lowest BCUT2D eigenvalue weighted by molar-refractivity contribution is -0.123. The number of benzene rings is 2. The van der Waals surface area contributed by atoms with E-state index in [1.54, 1.807) is 53.8 Å². The molecule has 0 spiro atoms. The average molecular weight is 643 g/mol. The summed E-state index contributed by atoms with van der Waals surface area (Å²) in [5.74, 6) is 3.31. The second kappa shape index (κ2) is 15.0. The number of hydrogen-bond donors (Lipinski definition) is 0. The van der Waals surface area contributed by atoms with Crippen molar-refractivity contribution in [2.24, 2.45) is 5.92 Å². The predicted molar refractivity (Wildman–Crippen MR) is 180 cm³/mol. The molecule has 248 valence electrons. The Balaban J connectivity index is 1.24. The van der Waals surface area contributed by atoms with E-state index in [4.69, 9.17) is 28.4 Å². The number of nitrogens with zero attached hydrogens (tertiary/aromatic N) is 4. The van der Waals surface area contributed by atoms with E-state index in [1.807, 2.05) is 55.7 Å². The Labute approximate surface area is 276 Å². The van der Waals surface area contributed by atoms with Gasteiger partial charge in [0.15, 0.2) is 23.0 Å². The lowest BCUT2D eigenvalue weighted by Crippen LogP contribution is -2.41. The quantitative estimate of drug-likeness (QED) is 0.190. The summed E-state index contributed by atoms with van der Waals surface area (Å²) in [6.45, 7) is 2.40. The Kier molecular flexibility index (Phi) is 10.7. The highest BCUT2D eigenvalue weighted by Gasteiger charge is 2.28. The third-order valence-corrected chi connectivity index (χ3v) is 8.55. The molecule has 5 rings (SSSR count). The first-order valence-electron chi connectivity index (χ1n) is 15.4. The maximum atomic E-state index is 13.6. The van der Waals surface area contributed by atoms with Crippen LogP contribution < -0.4 is 33.3 Å². The molecule has 3 heterocycles. The summed E-state index contributed by atoms with van der Waals surface area (Å²) in [5, 5.41) is 0. The van der Waals surface area contributed by atoms with Gasteiger partial charge < -0.3 is 33.3 Å². The average Bonchev–Trinajstić information content (AvgIpc) is 3.13. The van der Waals surface area contributed by atoms with Crippen LogP contribution in [0.1, 0.15) is 18.4 Å². The van der Waals surface area contributed by atoms with E-state index in [0.717, 1.165) is 60.5 Å². The largest absolute Gasteiger partial charge is 0.493 e. The van der Waals surface area contributed by atoms with Gasteiger partial charge in [-0.15, -0.1) is 0 Å². The molecule has 11 nitrogen and oxygen atoms in total. The summed E-state index contributed by atoms with van der Waals surface area (Å²) in [4.78, 5) is 26.9. The fraction of sp³-hybridized carbons (Fsp3) is 0.361. The van der Waals surface area contributed by atoms with Crippen LogP contribution in [0.2, 0.25) is 0 Å². The molecule has 0 N–H and O–H groups in total. The molecular formula is C36H42N4O7. The minimum atomic E-state index is -0.0683. The Bertz CT molecular complexity index is 1650. The summed E-state index contributed by atoms with van der Waals surface area (Å²) >= 11 is 0. The molecule has 1 saturated heterocycles. The minimum Gasteiger partial charge on any atom is -0.493 e. The van der Waals surface area contributed by atoms with Gasteiger partial charge in [0.05, 0.1) is 54.0 Å². The number of aromatic nitrogens is 2. The number of likely N-dealkylation sites (tertiary alicyclic amines) is 1. The predicted octanol–water partition coefficient (Wildman–Crippen LogP) is 5.74. The van der Waals surface area contributed by atoms with Crippen molar-refractivity contribution in [2.45, 2.75) is 19.4 Å². The SMILES string of the molecule is COc1cc(-c2cc(CN3CCC(C(=O)N(C)c4ccnc(-c5cc(OC)c(OC)c(OC)c5)c4)CC3)ccn2)cc(OC)c1OC. The number of rotatable bonds is 12. The van der Waals surface area contributed by atoms with Gasteiger partial charge >= 0.3 is 0 Å². The molecule has 47 heavy (non-hydrogen) atoms. The van der Waals surface area contributed by atoms with E-state index in [0.29, 0.717) is 40.2 Å². The van der Waals surface area contributed by atoms with Crippen molar-refractivity contribution in [2.75, 3.05) is 67.7 Å². The van der Waals surface area contributed by atoms with Gasteiger partial charge in [0, 0.05) is 48.7 Å². The van der Waals surface area contributed by atoms with Crippen LogP contribution in [0.5, 0.6) is 34.5 Å². The Morgan fingerprint density at radius 2 is 1.17 bits per heavy atom. The van der Waals surface area contributed by atoms with Crippen LogP contribution >= 0.6 is 0 Å². The van der Waals surface area contributed by atoms with E-state index in [1.165, 1.54) is 0 Å². The van der Waals surface area contributed by atoms with Crippen LogP contribution in [0, 0.1) is 5.92 Å². The topological polar surface area (TPSA) is 105 Å². The Morgan fingerprint density at radius 1 is 0.702 bits per heavy atom. The maximum absolute atomic E-state index is 13.6. The molecule has 1 aliphatic heterocycles. The third-order valence-electron chi connectivity index (χ3n) is 8.55. The molecule has 11 heteroatoms. The highest BCUT2D eigenvalue weighted by molar-refractivity contribution is 5.95. The van der Waals surface area contributed by atoms with Crippen LogP contribution in [-0.2, 0) is 11.3 Å². The van der Waals surface area contributed by atoms with Gasteiger partial charge in [-0.2, -0.15) is 0 Å². The summed E-state index contributed by atoms with van der Waals surface area (Å²) in [7, 11) is 11.3. The minimum absolute atomic E-state index is 0.0683. The normalized spacial score (nSPS) is 13.5. The molecule has 0 unspecified atom stereocenters. The van der Waals surface area contributed by atoms with Crippen molar-refractivity contribution >= 4 is 11.6 Å². The first kappa shape index (κ1) is 33.3. The first-order chi connectivity index (χ1) is 22.8.